The molecule has 0 aliphatic carbocycles. The van der Waals surface area contributed by atoms with Gasteiger partial charge in [-0.1, -0.05) is 72.8 Å². The van der Waals surface area contributed by atoms with Gasteiger partial charge in [0.1, 0.15) is 5.75 Å². The van der Waals surface area contributed by atoms with Crippen LogP contribution < -0.4 is 5.32 Å². The summed E-state index contributed by atoms with van der Waals surface area (Å²) in [5.74, 6) is 0.303. The zero-order valence-electron chi connectivity index (χ0n) is 16.1. The van der Waals surface area contributed by atoms with E-state index in [2.05, 4.69) is 29.6 Å². The molecule has 0 radical (unpaired) electrons. The maximum absolute atomic E-state index is 9.57. The second kappa shape index (κ2) is 9.13. The molecule has 2 N–H and O–H groups in total. The minimum atomic E-state index is 0.303. The van der Waals surface area contributed by atoms with Gasteiger partial charge in [0, 0.05) is 17.7 Å². The summed E-state index contributed by atoms with van der Waals surface area (Å²) in [6, 6.07) is 27.7. The number of nitrogens with zero attached hydrogens (tertiary/aromatic N) is 2. The number of aromatic hydroxyl groups is 1. The zero-order valence-corrected chi connectivity index (χ0v) is 16.1. The molecule has 4 rings (SSSR count). The van der Waals surface area contributed by atoms with E-state index in [9.17, 15) is 5.11 Å². The highest BCUT2D eigenvalue weighted by molar-refractivity contribution is 5.77. The summed E-state index contributed by atoms with van der Waals surface area (Å²) in [6.07, 6.45) is 2.69. The fourth-order valence-electron chi connectivity index (χ4n) is 3.28. The molecule has 0 atom stereocenters. The first-order chi connectivity index (χ1) is 14.3. The second-order valence-electron chi connectivity index (χ2n) is 6.89. The molecule has 0 amide bonds. The van der Waals surface area contributed by atoms with Crippen LogP contribution in [0.25, 0.3) is 22.5 Å². The van der Waals surface area contributed by atoms with Crippen molar-refractivity contribution < 1.29 is 5.11 Å². The molecule has 0 fully saturated rings. The van der Waals surface area contributed by atoms with E-state index in [0.717, 1.165) is 46.7 Å². The van der Waals surface area contributed by atoms with E-state index in [1.165, 1.54) is 0 Å². The Balaban J connectivity index is 1.51. The first-order valence-corrected chi connectivity index (χ1v) is 9.75. The third kappa shape index (κ3) is 4.86. The van der Waals surface area contributed by atoms with Gasteiger partial charge in [0.05, 0.1) is 23.3 Å². The molecule has 4 heteroatoms. The topological polar surface area (TPSA) is 58.0 Å². The van der Waals surface area contributed by atoms with Gasteiger partial charge in [-0.05, 0) is 30.7 Å². The Hall–Kier alpha value is -3.50. The normalized spacial score (nSPS) is 10.8. The van der Waals surface area contributed by atoms with Gasteiger partial charge in [0.15, 0.2) is 0 Å². The molecule has 0 spiro atoms. The molecule has 3 aromatic carbocycles. The molecule has 0 bridgehead atoms. The van der Waals surface area contributed by atoms with Gasteiger partial charge in [-0.3, -0.25) is 4.98 Å². The average Bonchev–Trinajstić information content (AvgIpc) is 2.78. The Bertz CT molecular complexity index is 1070. The van der Waals surface area contributed by atoms with E-state index in [1.807, 2.05) is 54.7 Å². The van der Waals surface area contributed by atoms with Gasteiger partial charge < -0.3 is 10.4 Å². The third-order valence-electron chi connectivity index (χ3n) is 4.72. The molecule has 144 valence electrons. The number of benzene rings is 3. The van der Waals surface area contributed by atoms with Crippen molar-refractivity contribution in [1.82, 2.24) is 15.3 Å². The predicted molar refractivity (Wildman–Crippen MR) is 116 cm³/mol. The first-order valence-electron chi connectivity index (χ1n) is 9.75. The molecule has 4 aromatic rings. The molecule has 0 aliphatic heterocycles. The van der Waals surface area contributed by atoms with Crippen LogP contribution in [0.4, 0.5) is 0 Å². The first kappa shape index (κ1) is 18.8. The van der Waals surface area contributed by atoms with E-state index in [0.29, 0.717) is 12.3 Å². The SMILES string of the molecule is Oc1cccc(CCNCc2cnc(-c3ccccc3)c(-c3ccccc3)n2)c1. The van der Waals surface area contributed by atoms with Crippen molar-refractivity contribution >= 4 is 0 Å². The summed E-state index contributed by atoms with van der Waals surface area (Å²) in [5, 5.41) is 13.0. The van der Waals surface area contributed by atoms with Gasteiger partial charge in [-0.25, -0.2) is 4.98 Å². The maximum Gasteiger partial charge on any atom is 0.115 e. The molecule has 1 aromatic heterocycles. The molecular formula is C25H23N3O. The maximum atomic E-state index is 9.57. The van der Waals surface area contributed by atoms with Gasteiger partial charge in [-0.15, -0.1) is 0 Å². The standard InChI is InChI=1S/C25H23N3O/c29-23-13-7-8-19(16-23)14-15-26-17-22-18-27-24(20-9-3-1-4-10-20)25(28-22)21-11-5-2-6-12-21/h1-13,16,18,26,29H,14-15,17H2. The van der Waals surface area contributed by atoms with Crippen molar-refractivity contribution in [3.8, 4) is 28.3 Å². The number of hydrogen-bond acceptors (Lipinski definition) is 4. The average molecular weight is 381 g/mol. The number of phenolic OH excluding ortho intramolecular Hbond substituents is 1. The van der Waals surface area contributed by atoms with E-state index < -0.39 is 0 Å². The molecule has 29 heavy (non-hydrogen) atoms. The Labute approximate surface area is 170 Å². The minimum absolute atomic E-state index is 0.303. The molecule has 0 saturated heterocycles. The second-order valence-corrected chi connectivity index (χ2v) is 6.89. The lowest BCUT2D eigenvalue weighted by atomic mass is 10.0. The molecule has 0 aliphatic rings. The lowest BCUT2D eigenvalue weighted by Crippen LogP contribution is -2.18. The largest absolute Gasteiger partial charge is 0.508 e. The minimum Gasteiger partial charge on any atom is -0.508 e. The van der Waals surface area contributed by atoms with E-state index >= 15 is 0 Å². The smallest absolute Gasteiger partial charge is 0.115 e. The summed E-state index contributed by atoms with van der Waals surface area (Å²) in [5.41, 5.74) is 5.90. The summed E-state index contributed by atoms with van der Waals surface area (Å²) >= 11 is 0. The number of rotatable bonds is 7. The predicted octanol–water partition coefficient (Wildman–Crippen LogP) is 4.85. The summed E-state index contributed by atoms with van der Waals surface area (Å²) in [7, 11) is 0. The molecule has 0 saturated carbocycles. The van der Waals surface area contributed by atoms with Crippen molar-refractivity contribution in [3.05, 3.63) is 102 Å². The van der Waals surface area contributed by atoms with E-state index in [-0.39, 0.29) is 0 Å². The van der Waals surface area contributed by atoms with Crippen LogP contribution in [0.1, 0.15) is 11.3 Å². The van der Waals surface area contributed by atoms with Crippen LogP contribution in [0.2, 0.25) is 0 Å². The molecule has 4 nitrogen and oxygen atoms in total. The lowest BCUT2D eigenvalue weighted by molar-refractivity contribution is 0.474. The van der Waals surface area contributed by atoms with Crippen molar-refractivity contribution in [2.24, 2.45) is 0 Å². The Morgan fingerprint density at radius 3 is 2.14 bits per heavy atom. The summed E-state index contributed by atoms with van der Waals surface area (Å²) < 4.78 is 0. The monoisotopic (exact) mass is 381 g/mol. The van der Waals surface area contributed by atoms with E-state index in [4.69, 9.17) is 9.97 Å². The zero-order chi connectivity index (χ0) is 19.9. The Morgan fingerprint density at radius 2 is 1.45 bits per heavy atom. The van der Waals surface area contributed by atoms with Crippen LogP contribution in [0.3, 0.4) is 0 Å². The van der Waals surface area contributed by atoms with Crippen molar-refractivity contribution in [2.75, 3.05) is 6.54 Å². The number of aromatic nitrogens is 2. The highest BCUT2D eigenvalue weighted by atomic mass is 16.3. The van der Waals surface area contributed by atoms with Crippen molar-refractivity contribution in [2.45, 2.75) is 13.0 Å². The Morgan fingerprint density at radius 1 is 0.759 bits per heavy atom. The fourth-order valence-corrected chi connectivity index (χ4v) is 3.28. The highest BCUT2D eigenvalue weighted by Gasteiger charge is 2.11. The summed E-state index contributed by atoms with van der Waals surface area (Å²) in [4.78, 5) is 9.65. The number of phenols is 1. The highest BCUT2D eigenvalue weighted by Crippen LogP contribution is 2.28. The van der Waals surface area contributed by atoms with Crippen LogP contribution in [0.15, 0.2) is 91.1 Å². The quantitative estimate of drug-likeness (QED) is 0.449. The van der Waals surface area contributed by atoms with Crippen LogP contribution in [-0.4, -0.2) is 21.6 Å². The molecule has 1 heterocycles. The van der Waals surface area contributed by atoms with Gasteiger partial charge in [-0.2, -0.15) is 0 Å². The van der Waals surface area contributed by atoms with Gasteiger partial charge in [0.2, 0.25) is 0 Å². The van der Waals surface area contributed by atoms with Crippen LogP contribution >= 0.6 is 0 Å². The molecular weight excluding hydrogens is 358 g/mol. The van der Waals surface area contributed by atoms with Crippen LogP contribution in [0.5, 0.6) is 5.75 Å². The van der Waals surface area contributed by atoms with Crippen molar-refractivity contribution in [1.29, 1.82) is 0 Å². The number of nitrogens with one attached hydrogen (secondary N) is 1. The van der Waals surface area contributed by atoms with Crippen LogP contribution in [0, 0.1) is 0 Å². The van der Waals surface area contributed by atoms with Gasteiger partial charge in [0.25, 0.3) is 0 Å². The van der Waals surface area contributed by atoms with Crippen molar-refractivity contribution in [3.63, 3.8) is 0 Å². The van der Waals surface area contributed by atoms with Gasteiger partial charge >= 0.3 is 0 Å². The summed E-state index contributed by atoms with van der Waals surface area (Å²) in [6.45, 7) is 1.44. The lowest BCUT2D eigenvalue weighted by Gasteiger charge is -2.11. The Kier molecular flexibility index (Phi) is 5.93. The number of hydrogen-bond donors (Lipinski definition) is 2. The van der Waals surface area contributed by atoms with Crippen LogP contribution in [-0.2, 0) is 13.0 Å². The molecule has 0 unspecified atom stereocenters. The third-order valence-corrected chi connectivity index (χ3v) is 4.72. The van der Waals surface area contributed by atoms with E-state index in [1.54, 1.807) is 12.1 Å². The fraction of sp³-hybridized carbons (Fsp3) is 0.120.